The maximum Gasteiger partial charge on any atom is 0.287 e. The first-order chi connectivity index (χ1) is 6.84. The van der Waals surface area contributed by atoms with Crippen LogP contribution in [0.2, 0.25) is 0 Å². The van der Waals surface area contributed by atoms with E-state index < -0.39 is 8.53 Å². The Kier molecular flexibility index (Phi) is 3.35. The van der Waals surface area contributed by atoms with E-state index in [1.54, 1.807) is 0 Å². The summed E-state index contributed by atoms with van der Waals surface area (Å²) in [5, 5.41) is 3.23. The summed E-state index contributed by atoms with van der Waals surface area (Å²) in [5.41, 5.74) is 1.05. The highest BCUT2D eigenvalue weighted by Gasteiger charge is 2.20. The number of anilines is 1. The molecule has 1 saturated heterocycles. The second kappa shape index (κ2) is 4.74. The highest BCUT2D eigenvalue weighted by atomic mass is 31.2. The van der Waals surface area contributed by atoms with Gasteiger partial charge in [0.25, 0.3) is 8.53 Å². The Morgan fingerprint density at radius 1 is 1.36 bits per heavy atom. The molecule has 1 aliphatic rings. The normalized spacial score (nSPS) is 27.2. The zero-order valence-electron chi connectivity index (χ0n) is 8.14. The molecule has 0 bridgehead atoms. The molecule has 1 aliphatic heterocycles. The molecule has 0 radical (unpaired) electrons. The van der Waals surface area contributed by atoms with Crippen LogP contribution in [0.5, 0.6) is 0 Å². The van der Waals surface area contributed by atoms with Crippen molar-refractivity contribution in [3.63, 3.8) is 0 Å². The van der Waals surface area contributed by atoms with E-state index in [0.717, 1.165) is 18.7 Å². The van der Waals surface area contributed by atoms with Crippen LogP contribution in [0.3, 0.4) is 0 Å². The molecular weight excluding hydrogens is 197 g/mol. The zero-order valence-corrected chi connectivity index (χ0v) is 9.04. The quantitative estimate of drug-likeness (QED) is 0.762. The molecule has 3 nitrogen and oxygen atoms in total. The van der Waals surface area contributed by atoms with Crippen LogP contribution in [0.15, 0.2) is 30.3 Å². The minimum absolute atomic E-state index is 0.297. The molecule has 1 N–H and O–H groups in total. The molecule has 2 atom stereocenters. The minimum atomic E-state index is -0.937. The first-order valence-corrected chi connectivity index (χ1v) is 5.94. The van der Waals surface area contributed by atoms with Crippen molar-refractivity contribution < 1.29 is 9.05 Å². The summed E-state index contributed by atoms with van der Waals surface area (Å²) < 4.78 is 11.1. The van der Waals surface area contributed by atoms with E-state index in [4.69, 9.17) is 9.05 Å². The van der Waals surface area contributed by atoms with E-state index in [1.165, 1.54) is 0 Å². The van der Waals surface area contributed by atoms with Crippen LogP contribution in [0.1, 0.15) is 13.3 Å². The Balaban J connectivity index is 1.91. The van der Waals surface area contributed by atoms with Gasteiger partial charge >= 0.3 is 0 Å². The van der Waals surface area contributed by atoms with Crippen LogP contribution in [-0.2, 0) is 9.05 Å². The molecular formula is C10H14NO2P. The van der Waals surface area contributed by atoms with Crippen LogP contribution in [0.4, 0.5) is 5.69 Å². The average molecular weight is 211 g/mol. The fourth-order valence-corrected chi connectivity index (χ4v) is 2.47. The summed E-state index contributed by atoms with van der Waals surface area (Å²) >= 11 is 0. The Bertz CT molecular complexity index is 281. The molecule has 14 heavy (non-hydrogen) atoms. The molecule has 0 amide bonds. The van der Waals surface area contributed by atoms with E-state index in [0.29, 0.717) is 6.10 Å². The fraction of sp³-hybridized carbons (Fsp3) is 0.400. The van der Waals surface area contributed by atoms with Crippen molar-refractivity contribution in [3.05, 3.63) is 30.3 Å². The van der Waals surface area contributed by atoms with Gasteiger partial charge in [-0.2, -0.15) is 0 Å². The average Bonchev–Trinajstić information content (AvgIpc) is 2.19. The lowest BCUT2D eigenvalue weighted by Gasteiger charge is -2.27. The van der Waals surface area contributed by atoms with Gasteiger partial charge in [-0.05, 0) is 25.5 Å². The first-order valence-electron chi connectivity index (χ1n) is 4.76. The third kappa shape index (κ3) is 2.68. The molecule has 0 aliphatic carbocycles. The smallest absolute Gasteiger partial charge is 0.287 e. The highest BCUT2D eigenvalue weighted by Crippen LogP contribution is 2.43. The molecule has 0 unspecified atom stereocenters. The molecule has 76 valence electrons. The zero-order chi connectivity index (χ0) is 9.80. The monoisotopic (exact) mass is 211 g/mol. The molecule has 4 heteroatoms. The molecule has 1 aromatic carbocycles. The Labute approximate surface area is 85.4 Å². The minimum Gasteiger partial charge on any atom is -0.320 e. The van der Waals surface area contributed by atoms with E-state index in [-0.39, 0.29) is 0 Å². The largest absolute Gasteiger partial charge is 0.320 e. The molecule has 1 aromatic rings. The number of rotatable bonds is 2. The summed E-state index contributed by atoms with van der Waals surface area (Å²) in [6.45, 7) is 2.86. The van der Waals surface area contributed by atoms with Gasteiger partial charge in [-0.3, -0.25) is 0 Å². The lowest BCUT2D eigenvalue weighted by atomic mass is 10.3. The van der Waals surface area contributed by atoms with Gasteiger partial charge in [0, 0.05) is 5.69 Å². The van der Waals surface area contributed by atoms with Crippen LogP contribution >= 0.6 is 8.53 Å². The predicted octanol–water partition coefficient (Wildman–Crippen LogP) is 3.15. The summed E-state index contributed by atoms with van der Waals surface area (Å²) in [5.74, 6) is 0. The third-order valence-corrected chi connectivity index (χ3v) is 3.41. The molecule has 2 rings (SSSR count). The van der Waals surface area contributed by atoms with Gasteiger partial charge in [0.1, 0.15) is 0 Å². The lowest BCUT2D eigenvalue weighted by Crippen LogP contribution is -2.17. The summed E-state index contributed by atoms with van der Waals surface area (Å²) in [4.78, 5) is 0. The highest BCUT2D eigenvalue weighted by molar-refractivity contribution is 7.49. The van der Waals surface area contributed by atoms with Gasteiger partial charge in [-0.1, -0.05) is 18.2 Å². The standard InChI is InChI=1S/C10H14NO2P/c1-9-7-8-12-14(13-9)11-10-5-3-2-4-6-10/h2-6,9,11H,7-8H2,1H3/t9-,14-/m0/s1. The maximum absolute atomic E-state index is 5.62. The van der Waals surface area contributed by atoms with Crippen molar-refractivity contribution >= 4 is 14.2 Å². The molecule has 0 spiro atoms. The fourth-order valence-electron chi connectivity index (χ4n) is 1.22. The van der Waals surface area contributed by atoms with Crippen LogP contribution < -0.4 is 5.09 Å². The van der Waals surface area contributed by atoms with Crippen molar-refractivity contribution in [2.75, 3.05) is 11.7 Å². The second-order valence-electron chi connectivity index (χ2n) is 3.27. The van der Waals surface area contributed by atoms with E-state index in [9.17, 15) is 0 Å². The second-order valence-corrected chi connectivity index (χ2v) is 4.48. The van der Waals surface area contributed by atoms with Crippen molar-refractivity contribution in [1.29, 1.82) is 0 Å². The van der Waals surface area contributed by atoms with Gasteiger partial charge in [0.15, 0.2) is 0 Å². The first kappa shape index (κ1) is 9.91. The van der Waals surface area contributed by atoms with Crippen molar-refractivity contribution in [2.24, 2.45) is 0 Å². The van der Waals surface area contributed by atoms with Crippen LogP contribution in [-0.4, -0.2) is 12.7 Å². The van der Waals surface area contributed by atoms with E-state index in [1.807, 2.05) is 30.3 Å². The summed E-state index contributed by atoms with van der Waals surface area (Å²) in [6.07, 6.45) is 1.28. The summed E-state index contributed by atoms with van der Waals surface area (Å²) in [6, 6.07) is 9.99. The van der Waals surface area contributed by atoms with Crippen molar-refractivity contribution in [2.45, 2.75) is 19.4 Å². The maximum atomic E-state index is 5.62. The number of benzene rings is 1. The molecule has 0 aromatic heterocycles. The van der Waals surface area contributed by atoms with Crippen molar-refractivity contribution in [3.8, 4) is 0 Å². The Morgan fingerprint density at radius 2 is 2.14 bits per heavy atom. The Hall–Kier alpha value is -0.630. The number of hydrogen-bond donors (Lipinski definition) is 1. The molecule has 1 fully saturated rings. The lowest BCUT2D eigenvalue weighted by molar-refractivity contribution is 0.123. The Morgan fingerprint density at radius 3 is 2.86 bits per heavy atom. The number of para-hydroxylation sites is 1. The van der Waals surface area contributed by atoms with E-state index >= 15 is 0 Å². The van der Waals surface area contributed by atoms with Gasteiger partial charge in [0.05, 0.1) is 12.7 Å². The SMILES string of the molecule is C[C@H]1CCO[P@](Nc2ccccc2)O1. The van der Waals surface area contributed by atoms with Gasteiger partial charge < -0.3 is 14.1 Å². The number of hydrogen-bond acceptors (Lipinski definition) is 3. The number of nitrogens with one attached hydrogen (secondary N) is 1. The van der Waals surface area contributed by atoms with Crippen molar-refractivity contribution in [1.82, 2.24) is 0 Å². The summed E-state index contributed by atoms with van der Waals surface area (Å²) in [7, 11) is -0.937. The molecule has 0 saturated carbocycles. The van der Waals surface area contributed by atoms with Gasteiger partial charge in [-0.25, -0.2) is 0 Å². The topological polar surface area (TPSA) is 30.5 Å². The predicted molar refractivity (Wildman–Crippen MR) is 58.1 cm³/mol. The third-order valence-electron chi connectivity index (χ3n) is 2.00. The molecule has 1 heterocycles. The van der Waals surface area contributed by atoms with Crippen LogP contribution in [0, 0.1) is 0 Å². The van der Waals surface area contributed by atoms with Gasteiger partial charge in [-0.15, -0.1) is 0 Å². The van der Waals surface area contributed by atoms with Crippen LogP contribution in [0.25, 0.3) is 0 Å². The van der Waals surface area contributed by atoms with Gasteiger partial charge in [0.2, 0.25) is 0 Å². The van der Waals surface area contributed by atoms with E-state index in [2.05, 4.69) is 12.0 Å².